The van der Waals surface area contributed by atoms with E-state index in [4.69, 9.17) is 69.0 Å². The maximum Gasteiger partial charge on any atom is 0.309 e. The standard InChI is InChI=1S/C11H4Cl5FN4S/c12-4-1-5(13)8(6(14)2-4)21-10(19)9(7(3-18)20-21)22-11(15,16)17/h1-2H,19H2. The Morgan fingerprint density at radius 2 is 1.82 bits per heavy atom. The molecule has 0 saturated heterocycles. The highest BCUT2D eigenvalue weighted by molar-refractivity contribution is 8.03. The Labute approximate surface area is 153 Å². The average Bonchev–Trinajstić information content (AvgIpc) is 2.64. The Balaban J connectivity index is 2.67. The molecule has 4 nitrogen and oxygen atoms in total. The Morgan fingerprint density at radius 1 is 1.27 bits per heavy atom. The Hall–Kier alpha value is -0.550. The molecule has 0 fully saturated rings. The normalized spacial score (nSPS) is 11.5. The van der Waals surface area contributed by atoms with E-state index in [0.29, 0.717) is 16.8 Å². The van der Waals surface area contributed by atoms with Gasteiger partial charge in [-0.15, -0.1) is 0 Å². The maximum absolute atomic E-state index is 13.4. The molecule has 0 aliphatic rings. The van der Waals surface area contributed by atoms with Crippen molar-refractivity contribution in [2.75, 3.05) is 5.73 Å². The Bertz CT molecular complexity index is 757. The van der Waals surface area contributed by atoms with E-state index in [1.54, 1.807) is 6.07 Å². The number of nitrogen functional groups attached to an aromatic ring is 1. The van der Waals surface area contributed by atoms with Crippen LogP contribution < -0.4 is 5.73 Å². The van der Waals surface area contributed by atoms with E-state index in [1.165, 1.54) is 12.1 Å². The van der Waals surface area contributed by atoms with Crippen LogP contribution in [0.15, 0.2) is 17.0 Å². The van der Waals surface area contributed by atoms with Gasteiger partial charge in [0.05, 0.1) is 14.9 Å². The molecular formula is C11H4Cl5FN4S. The minimum absolute atomic E-state index is 0.0305. The molecule has 1 aromatic heterocycles. The first-order valence-electron chi connectivity index (χ1n) is 5.33. The van der Waals surface area contributed by atoms with E-state index in [-0.39, 0.29) is 32.1 Å². The first kappa shape index (κ1) is 17.8. The van der Waals surface area contributed by atoms with Crippen LogP contribution in [-0.2, 0) is 0 Å². The number of anilines is 1. The number of alkyl halides is 3. The monoisotopic (exact) mass is 418 g/mol. The molecule has 0 unspecified atom stereocenters. The van der Waals surface area contributed by atoms with Gasteiger partial charge in [-0.2, -0.15) is 14.8 Å². The number of hydrogen-bond acceptors (Lipinski definition) is 4. The van der Waals surface area contributed by atoms with Crippen molar-refractivity contribution in [1.29, 1.82) is 5.26 Å². The lowest BCUT2D eigenvalue weighted by atomic mass is 10.3. The van der Waals surface area contributed by atoms with Crippen LogP contribution in [0, 0.1) is 11.3 Å². The van der Waals surface area contributed by atoms with Crippen LogP contribution in [0.25, 0.3) is 5.69 Å². The lowest BCUT2D eigenvalue weighted by Crippen LogP contribution is -2.04. The summed E-state index contributed by atoms with van der Waals surface area (Å²) in [5.41, 5.74) is 5.91. The van der Waals surface area contributed by atoms with E-state index in [9.17, 15) is 4.39 Å². The van der Waals surface area contributed by atoms with E-state index in [1.807, 2.05) is 0 Å². The summed E-state index contributed by atoms with van der Waals surface area (Å²) >= 11 is 28.9. The molecule has 0 saturated carbocycles. The van der Waals surface area contributed by atoms with Gasteiger partial charge in [0.25, 0.3) is 0 Å². The first-order chi connectivity index (χ1) is 10.1. The molecule has 0 bridgehead atoms. The van der Waals surface area contributed by atoms with Crippen molar-refractivity contribution in [2.45, 2.75) is 8.81 Å². The van der Waals surface area contributed by atoms with Crippen LogP contribution in [-0.4, -0.2) is 13.7 Å². The molecule has 1 heterocycles. The predicted molar refractivity (Wildman–Crippen MR) is 89.1 cm³/mol. The van der Waals surface area contributed by atoms with E-state index in [2.05, 4.69) is 5.10 Å². The maximum atomic E-state index is 13.4. The number of nitriles is 1. The van der Waals surface area contributed by atoms with Crippen LogP contribution in [0.3, 0.4) is 0 Å². The predicted octanol–water partition coefficient (Wildman–Crippen LogP) is 5.44. The summed E-state index contributed by atoms with van der Waals surface area (Å²) in [6, 6.07) is 4.62. The van der Waals surface area contributed by atoms with Crippen LogP contribution in [0.5, 0.6) is 0 Å². The van der Waals surface area contributed by atoms with Crippen LogP contribution in [0.1, 0.15) is 5.69 Å². The van der Waals surface area contributed by atoms with Gasteiger partial charge in [0.1, 0.15) is 17.6 Å². The molecule has 116 valence electrons. The smallest absolute Gasteiger partial charge is 0.309 e. The zero-order valence-corrected chi connectivity index (χ0v) is 14.8. The summed E-state index contributed by atoms with van der Waals surface area (Å²) in [5, 5.41) is 13.6. The third kappa shape index (κ3) is 3.67. The lowest BCUT2D eigenvalue weighted by Gasteiger charge is -2.11. The summed E-state index contributed by atoms with van der Waals surface area (Å²) in [6.45, 7) is 0. The molecular weight excluding hydrogens is 416 g/mol. The molecule has 0 amide bonds. The molecule has 0 aliphatic heterocycles. The summed E-state index contributed by atoms with van der Waals surface area (Å²) in [7, 11) is 0. The fraction of sp³-hybridized carbons (Fsp3) is 0.0909. The molecule has 11 heteroatoms. The van der Waals surface area contributed by atoms with E-state index in [0.717, 1.165) is 4.68 Å². The third-order valence-electron chi connectivity index (χ3n) is 2.39. The van der Waals surface area contributed by atoms with Crippen molar-refractivity contribution in [2.24, 2.45) is 0 Å². The SMILES string of the molecule is N#Cc1nn(-c2c(Cl)cc(Cl)cc2Cl)c(N)c1SC(F)(Cl)Cl. The van der Waals surface area contributed by atoms with Gasteiger partial charge in [0.15, 0.2) is 5.69 Å². The van der Waals surface area contributed by atoms with Gasteiger partial charge >= 0.3 is 3.92 Å². The van der Waals surface area contributed by atoms with Crippen LogP contribution >= 0.6 is 69.8 Å². The molecule has 2 aromatic rings. The molecule has 22 heavy (non-hydrogen) atoms. The van der Waals surface area contributed by atoms with Crippen molar-refractivity contribution in [3.8, 4) is 11.8 Å². The van der Waals surface area contributed by atoms with Gasteiger partial charge < -0.3 is 5.73 Å². The molecule has 2 rings (SSSR count). The number of nitrogens with zero attached hydrogens (tertiary/aromatic N) is 3. The van der Waals surface area contributed by atoms with Crippen molar-refractivity contribution >= 4 is 75.6 Å². The largest absolute Gasteiger partial charge is 0.383 e. The topological polar surface area (TPSA) is 67.6 Å². The number of aromatic nitrogens is 2. The second kappa shape index (κ2) is 6.52. The van der Waals surface area contributed by atoms with Crippen LogP contribution in [0.4, 0.5) is 10.2 Å². The number of rotatable bonds is 3. The van der Waals surface area contributed by atoms with Crippen molar-refractivity contribution in [3.05, 3.63) is 32.9 Å². The number of hydrogen-bond donors (Lipinski definition) is 1. The van der Waals surface area contributed by atoms with Gasteiger partial charge in [-0.25, -0.2) is 4.68 Å². The highest BCUT2D eigenvalue weighted by Crippen LogP contribution is 2.46. The van der Waals surface area contributed by atoms with Gasteiger partial charge in [-0.05, 0) is 23.9 Å². The van der Waals surface area contributed by atoms with Gasteiger partial charge in [0.2, 0.25) is 0 Å². The second-order valence-electron chi connectivity index (χ2n) is 3.85. The Kier molecular flexibility index (Phi) is 5.27. The fourth-order valence-electron chi connectivity index (χ4n) is 1.61. The Morgan fingerprint density at radius 3 is 2.27 bits per heavy atom. The summed E-state index contributed by atoms with van der Waals surface area (Å²) < 4.78 is 11.8. The number of benzene rings is 1. The summed E-state index contributed by atoms with van der Waals surface area (Å²) in [4.78, 5) is -0.0305. The summed E-state index contributed by atoms with van der Waals surface area (Å²) in [5.74, 6) is -0.0870. The van der Waals surface area contributed by atoms with Crippen molar-refractivity contribution in [3.63, 3.8) is 0 Å². The number of halogens is 6. The van der Waals surface area contributed by atoms with Crippen molar-refractivity contribution < 1.29 is 4.39 Å². The van der Waals surface area contributed by atoms with E-state index >= 15 is 0 Å². The molecule has 0 spiro atoms. The third-order valence-corrected chi connectivity index (χ3v) is 4.49. The second-order valence-corrected chi connectivity index (χ2v) is 7.96. The number of thioether (sulfide) groups is 1. The molecule has 0 atom stereocenters. The molecule has 0 aliphatic carbocycles. The first-order valence-corrected chi connectivity index (χ1v) is 8.04. The van der Waals surface area contributed by atoms with E-state index < -0.39 is 3.92 Å². The van der Waals surface area contributed by atoms with Crippen LogP contribution in [0.2, 0.25) is 15.1 Å². The van der Waals surface area contributed by atoms with Gasteiger partial charge in [-0.3, -0.25) is 0 Å². The minimum Gasteiger partial charge on any atom is -0.383 e. The van der Waals surface area contributed by atoms with Gasteiger partial charge in [-0.1, -0.05) is 58.0 Å². The fourth-order valence-corrected chi connectivity index (χ4v) is 3.66. The summed E-state index contributed by atoms with van der Waals surface area (Å²) in [6.07, 6.45) is 0. The minimum atomic E-state index is -2.68. The average molecular weight is 421 g/mol. The highest BCUT2D eigenvalue weighted by atomic mass is 35.5. The zero-order chi connectivity index (χ0) is 16.7. The molecule has 1 aromatic carbocycles. The lowest BCUT2D eigenvalue weighted by molar-refractivity contribution is 0.516. The van der Waals surface area contributed by atoms with Gasteiger partial charge in [0, 0.05) is 5.02 Å². The quantitative estimate of drug-likeness (QED) is 0.531. The zero-order valence-electron chi connectivity index (χ0n) is 10.2. The molecule has 0 radical (unpaired) electrons. The number of nitrogens with two attached hydrogens (primary N) is 1. The van der Waals surface area contributed by atoms with Crippen molar-refractivity contribution in [1.82, 2.24) is 9.78 Å². The molecule has 2 N–H and O–H groups in total. The highest BCUT2D eigenvalue weighted by Gasteiger charge is 2.30.